The van der Waals surface area contributed by atoms with Crippen molar-refractivity contribution >= 4 is 46.5 Å². The third kappa shape index (κ3) is 4.88. The fourth-order valence-electron chi connectivity index (χ4n) is 1.82. The average molecular weight is 387 g/mol. The van der Waals surface area contributed by atoms with Crippen LogP contribution in [0.4, 0.5) is 15.8 Å². The van der Waals surface area contributed by atoms with Gasteiger partial charge in [0.15, 0.2) is 6.61 Å². The fourth-order valence-corrected chi connectivity index (χ4v) is 2.16. The number of nitrogens with zero attached hydrogens (tertiary/aromatic N) is 1. The summed E-state index contributed by atoms with van der Waals surface area (Å²) >= 11 is 11.4. The Hall–Kier alpha value is -2.71. The van der Waals surface area contributed by atoms with Crippen LogP contribution in [0.15, 0.2) is 36.4 Å². The maximum atomic E-state index is 13.5. The van der Waals surface area contributed by atoms with E-state index in [-0.39, 0.29) is 15.7 Å². The van der Waals surface area contributed by atoms with E-state index in [1.807, 2.05) is 0 Å². The van der Waals surface area contributed by atoms with Gasteiger partial charge >= 0.3 is 5.97 Å². The lowest BCUT2D eigenvalue weighted by molar-refractivity contribution is -0.385. The molecule has 0 unspecified atom stereocenters. The highest BCUT2D eigenvalue weighted by molar-refractivity contribution is 6.31. The second kappa shape index (κ2) is 7.91. The number of anilines is 1. The normalized spacial score (nSPS) is 10.2. The van der Waals surface area contributed by atoms with Crippen LogP contribution in [0.25, 0.3) is 0 Å². The van der Waals surface area contributed by atoms with Crippen LogP contribution in [0.5, 0.6) is 0 Å². The molecule has 0 bridgehead atoms. The van der Waals surface area contributed by atoms with Crippen LogP contribution in [-0.2, 0) is 9.53 Å². The highest BCUT2D eigenvalue weighted by atomic mass is 35.5. The third-order valence-corrected chi connectivity index (χ3v) is 3.38. The molecule has 130 valence electrons. The molecule has 2 rings (SSSR count). The van der Waals surface area contributed by atoms with Gasteiger partial charge in [0.25, 0.3) is 11.6 Å². The number of carbonyl (C=O) groups is 2. The van der Waals surface area contributed by atoms with Crippen LogP contribution >= 0.6 is 23.2 Å². The van der Waals surface area contributed by atoms with Gasteiger partial charge in [-0.1, -0.05) is 23.2 Å². The number of nitro groups is 1. The third-order valence-electron chi connectivity index (χ3n) is 2.91. The maximum absolute atomic E-state index is 13.5. The molecule has 7 nitrogen and oxygen atoms in total. The number of benzene rings is 2. The van der Waals surface area contributed by atoms with E-state index < -0.39 is 40.5 Å². The number of rotatable bonds is 5. The Morgan fingerprint density at radius 3 is 2.48 bits per heavy atom. The Morgan fingerprint density at radius 2 is 1.80 bits per heavy atom. The monoisotopic (exact) mass is 386 g/mol. The first-order valence-corrected chi connectivity index (χ1v) is 7.39. The molecule has 0 fully saturated rings. The summed E-state index contributed by atoms with van der Waals surface area (Å²) in [5, 5.41) is 13.4. The van der Waals surface area contributed by atoms with E-state index in [1.165, 1.54) is 18.2 Å². The molecule has 1 amide bonds. The predicted octanol–water partition coefficient (Wildman–Crippen LogP) is 3.84. The summed E-state index contributed by atoms with van der Waals surface area (Å²) in [5.74, 6) is -2.69. The van der Waals surface area contributed by atoms with E-state index in [4.69, 9.17) is 27.9 Å². The van der Waals surface area contributed by atoms with E-state index in [2.05, 4.69) is 5.32 Å². The zero-order chi connectivity index (χ0) is 18.6. The molecule has 0 radical (unpaired) electrons. The summed E-state index contributed by atoms with van der Waals surface area (Å²) < 4.78 is 18.2. The van der Waals surface area contributed by atoms with E-state index in [0.29, 0.717) is 0 Å². The second-order valence-corrected chi connectivity index (χ2v) is 5.54. The van der Waals surface area contributed by atoms with Crippen molar-refractivity contribution in [3.8, 4) is 0 Å². The van der Waals surface area contributed by atoms with Gasteiger partial charge in [0.05, 0.1) is 10.6 Å². The average Bonchev–Trinajstić information content (AvgIpc) is 2.55. The van der Waals surface area contributed by atoms with Gasteiger partial charge < -0.3 is 10.1 Å². The number of nitro benzene ring substituents is 1. The molecule has 1 N–H and O–H groups in total. The number of hydrogen-bond acceptors (Lipinski definition) is 5. The molecule has 0 heterocycles. The van der Waals surface area contributed by atoms with E-state index in [9.17, 15) is 24.1 Å². The zero-order valence-electron chi connectivity index (χ0n) is 12.3. The number of ether oxygens (including phenoxy) is 1. The van der Waals surface area contributed by atoms with Gasteiger partial charge in [0, 0.05) is 16.1 Å². The van der Waals surface area contributed by atoms with Crippen molar-refractivity contribution in [2.45, 2.75) is 0 Å². The first-order chi connectivity index (χ1) is 11.8. The van der Waals surface area contributed by atoms with Crippen LogP contribution in [0.3, 0.4) is 0 Å². The van der Waals surface area contributed by atoms with E-state index >= 15 is 0 Å². The standard InChI is InChI=1S/C15H9Cl2FN2O5/c16-8-2-4-13(20(23)24)10(5-8)15(22)25-7-14(21)19-12-6-9(17)1-3-11(12)18/h1-6H,7H2,(H,19,21). The molecule has 2 aromatic rings. The Labute approximate surface area is 150 Å². The number of hydrogen-bond donors (Lipinski definition) is 1. The van der Waals surface area contributed by atoms with Crippen molar-refractivity contribution in [2.24, 2.45) is 0 Å². The summed E-state index contributed by atoms with van der Waals surface area (Å²) in [4.78, 5) is 33.8. The Morgan fingerprint density at radius 1 is 1.16 bits per heavy atom. The first kappa shape index (κ1) is 18.6. The van der Waals surface area contributed by atoms with Crippen LogP contribution in [0.2, 0.25) is 10.0 Å². The molecule has 25 heavy (non-hydrogen) atoms. The Kier molecular flexibility index (Phi) is 5.89. The van der Waals surface area contributed by atoms with Gasteiger partial charge in [0.1, 0.15) is 11.4 Å². The molecule has 2 aromatic carbocycles. The SMILES string of the molecule is O=C(COC(=O)c1cc(Cl)ccc1[N+](=O)[O-])Nc1cc(Cl)ccc1F. The molecular formula is C15H9Cl2FN2O5. The van der Waals surface area contributed by atoms with Crippen molar-refractivity contribution in [1.29, 1.82) is 0 Å². The van der Waals surface area contributed by atoms with Crippen LogP contribution in [0.1, 0.15) is 10.4 Å². The lowest BCUT2D eigenvalue weighted by Crippen LogP contribution is -2.21. The topological polar surface area (TPSA) is 98.5 Å². The summed E-state index contributed by atoms with van der Waals surface area (Å²) in [6.45, 7) is -0.783. The lowest BCUT2D eigenvalue weighted by Gasteiger charge is -2.08. The van der Waals surface area contributed by atoms with E-state index in [0.717, 1.165) is 18.2 Å². The number of amides is 1. The number of esters is 1. The van der Waals surface area contributed by atoms with Gasteiger partial charge in [-0.3, -0.25) is 14.9 Å². The van der Waals surface area contributed by atoms with Crippen molar-refractivity contribution in [3.05, 3.63) is 67.9 Å². The summed E-state index contributed by atoms with van der Waals surface area (Å²) in [7, 11) is 0. The van der Waals surface area contributed by atoms with Crippen LogP contribution < -0.4 is 5.32 Å². The minimum Gasteiger partial charge on any atom is -0.452 e. The predicted molar refractivity (Wildman–Crippen MR) is 88.4 cm³/mol. The summed E-state index contributed by atoms with van der Waals surface area (Å²) in [6, 6.07) is 6.87. The molecule has 0 saturated carbocycles. The Balaban J connectivity index is 2.05. The zero-order valence-corrected chi connectivity index (χ0v) is 13.8. The number of carbonyl (C=O) groups excluding carboxylic acids is 2. The fraction of sp³-hybridized carbons (Fsp3) is 0.0667. The highest BCUT2D eigenvalue weighted by Crippen LogP contribution is 2.23. The largest absolute Gasteiger partial charge is 0.452 e. The van der Waals surface area contributed by atoms with Gasteiger partial charge in [-0.2, -0.15) is 0 Å². The van der Waals surface area contributed by atoms with Gasteiger partial charge in [-0.05, 0) is 30.3 Å². The summed E-state index contributed by atoms with van der Waals surface area (Å²) in [6.07, 6.45) is 0. The molecular weight excluding hydrogens is 378 g/mol. The van der Waals surface area contributed by atoms with Gasteiger partial charge in [-0.25, -0.2) is 9.18 Å². The van der Waals surface area contributed by atoms with Crippen LogP contribution in [-0.4, -0.2) is 23.4 Å². The first-order valence-electron chi connectivity index (χ1n) is 6.64. The van der Waals surface area contributed by atoms with Gasteiger partial charge in [-0.15, -0.1) is 0 Å². The quantitative estimate of drug-likeness (QED) is 0.478. The molecule has 0 aliphatic heterocycles. The van der Waals surface area contributed by atoms with Crippen LogP contribution in [0, 0.1) is 15.9 Å². The molecule has 0 aliphatic carbocycles. The highest BCUT2D eigenvalue weighted by Gasteiger charge is 2.22. The summed E-state index contributed by atoms with van der Waals surface area (Å²) in [5.41, 5.74) is -1.11. The number of halogens is 3. The molecule has 0 atom stereocenters. The minimum absolute atomic E-state index is 0.0861. The van der Waals surface area contributed by atoms with Crippen molar-refractivity contribution in [3.63, 3.8) is 0 Å². The van der Waals surface area contributed by atoms with Crippen molar-refractivity contribution in [1.82, 2.24) is 0 Å². The molecule has 10 heteroatoms. The molecule has 0 aromatic heterocycles. The van der Waals surface area contributed by atoms with E-state index in [1.54, 1.807) is 0 Å². The molecule has 0 spiro atoms. The molecule has 0 saturated heterocycles. The lowest BCUT2D eigenvalue weighted by atomic mass is 10.2. The Bertz CT molecular complexity index is 860. The second-order valence-electron chi connectivity index (χ2n) is 4.67. The smallest absolute Gasteiger partial charge is 0.345 e. The maximum Gasteiger partial charge on any atom is 0.345 e. The van der Waals surface area contributed by atoms with Crippen molar-refractivity contribution < 1.29 is 23.6 Å². The minimum atomic E-state index is -1.11. The molecule has 0 aliphatic rings. The van der Waals surface area contributed by atoms with Crippen molar-refractivity contribution in [2.75, 3.05) is 11.9 Å². The van der Waals surface area contributed by atoms with Gasteiger partial charge in [0.2, 0.25) is 0 Å². The number of nitrogens with one attached hydrogen (secondary N) is 1.